The van der Waals surface area contributed by atoms with E-state index < -0.39 is 0 Å². The SMILES string of the molecule is CC(C)CC1=CCCC(F)=C1. The molecule has 0 heterocycles. The fourth-order valence-corrected chi connectivity index (χ4v) is 1.34. The van der Waals surface area contributed by atoms with Crippen molar-refractivity contribution in [1.29, 1.82) is 0 Å². The molecule has 0 aromatic heterocycles. The number of rotatable bonds is 2. The van der Waals surface area contributed by atoms with Crippen LogP contribution >= 0.6 is 0 Å². The van der Waals surface area contributed by atoms with Gasteiger partial charge in [0.1, 0.15) is 5.83 Å². The first-order valence-corrected chi connectivity index (χ1v) is 4.23. The van der Waals surface area contributed by atoms with Crippen molar-refractivity contribution in [3.63, 3.8) is 0 Å². The standard InChI is InChI=1S/C10H15F/c1-8(2)6-9-4-3-5-10(11)7-9/h4,7-8H,3,5-6H2,1-2H3. The largest absolute Gasteiger partial charge is 0.212 e. The summed E-state index contributed by atoms with van der Waals surface area (Å²) >= 11 is 0. The quantitative estimate of drug-likeness (QED) is 0.570. The summed E-state index contributed by atoms with van der Waals surface area (Å²) in [6.45, 7) is 4.31. The molecule has 1 aliphatic rings. The van der Waals surface area contributed by atoms with Gasteiger partial charge in [0.15, 0.2) is 0 Å². The third-order valence-corrected chi connectivity index (χ3v) is 1.78. The van der Waals surface area contributed by atoms with Crippen LogP contribution in [-0.4, -0.2) is 0 Å². The minimum Gasteiger partial charge on any atom is -0.212 e. The minimum absolute atomic E-state index is 0.0446. The summed E-state index contributed by atoms with van der Waals surface area (Å²) in [5, 5.41) is 0. The van der Waals surface area contributed by atoms with Gasteiger partial charge in [-0.25, -0.2) is 4.39 Å². The molecule has 0 fully saturated rings. The van der Waals surface area contributed by atoms with Gasteiger partial charge in [-0.15, -0.1) is 0 Å². The second-order valence-electron chi connectivity index (χ2n) is 3.51. The van der Waals surface area contributed by atoms with Gasteiger partial charge in [-0.3, -0.25) is 0 Å². The van der Waals surface area contributed by atoms with Crippen LogP contribution in [0.5, 0.6) is 0 Å². The zero-order chi connectivity index (χ0) is 8.27. The minimum atomic E-state index is 0.0446. The predicted octanol–water partition coefficient (Wildman–Crippen LogP) is 3.61. The summed E-state index contributed by atoms with van der Waals surface area (Å²) in [6, 6.07) is 0. The molecule has 0 unspecified atom stereocenters. The summed E-state index contributed by atoms with van der Waals surface area (Å²) in [7, 11) is 0. The smallest absolute Gasteiger partial charge is 0.100 e. The van der Waals surface area contributed by atoms with Gasteiger partial charge >= 0.3 is 0 Å². The molecule has 0 radical (unpaired) electrons. The van der Waals surface area contributed by atoms with E-state index in [1.165, 1.54) is 5.57 Å². The molecular weight excluding hydrogens is 139 g/mol. The lowest BCUT2D eigenvalue weighted by Crippen LogP contribution is -1.93. The second-order valence-corrected chi connectivity index (χ2v) is 3.51. The van der Waals surface area contributed by atoms with Crippen molar-refractivity contribution < 1.29 is 4.39 Å². The van der Waals surface area contributed by atoms with Gasteiger partial charge in [0, 0.05) is 6.42 Å². The van der Waals surface area contributed by atoms with Crippen molar-refractivity contribution in [2.75, 3.05) is 0 Å². The van der Waals surface area contributed by atoms with Gasteiger partial charge in [0.05, 0.1) is 0 Å². The molecule has 1 heteroatoms. The third kappa shape index (κ3) is 2.87. The van der Waals surface area contributed by atoms with E-state index in [0.29, 0.717) is 12.3 Å². The van der Waals surface area contributed by atoms with Crippen LogP contribution in [-0.2, 0) is 0 Å². The van der Waals surface area contributed by atoms with Crippen LogP contribution in [0.2, 0.25) is 0 Å². The molecule has 0 aliphatic heterocycles. The van der Waals surface area contributed by atoms with Crippen molar-refractivity contribution in [1.82, 2.24) is 0 Å². The molecule has 1 rings (SSSR count). The van der Waals surface area contributed by atoms with Crippen LogP contribution < -0.4 is 0 Å². The topological polar surface area (TPSA) is 0 Å². The van der Waals surface area contributed by atoms with E-state index in [0.717, 1.165) is 12.8 Å². The highest BCUT2D eigenvalue weighted by molar-refractivity contribution is 5.24. The van der Waals surface area contributed by atoms with E-state index in [1.54, 1.807) is 6.08 Å². The lowest BCUT2D eigenvalue weighted by Gasteiger charge is -2.10. The zero-order valence-electron chi connectivity index (χ0n) is 7.23. The van der Waals surface area contributed by atoms with E-state index in [2.05, 4.69) is 19.9 Å². The second kappa shape index (κ2) is 3.70. The molecule has 0 aromatic carbocycles. The van der Waals surface area contributed by atoms with Crippen molar-refractivity contribution in [3.05, 3.63) is 23.6 Å². The Morgan fingerprint density at radius 2 is 2.27 bits per heavy atom. The molecule has 0 amide bonds. The number of halogens is 1. The summed E-state index contributed by atoms with van der Waals surface area (Å²) < 4.78 is 12.7. The third-order valence-electron chi connectivity index (χ3n) is 1.78. The molecule has 0 spiro atoms. The van der Waals surface area contributed by atoms with E-state index in [4.69, 9.17) is 0 Å². The Hall–Kier alpha value is -0.590. The van der Waals surface area contributed by atoms with Crippen LogP contribution in [0.15, 0.2) is 23.6 Å². The molecule has 0 N–H and O–H groups in total. The first-order chi connectivity index (χ1) is 5.18. The molecule has 0 bridgehead atoms. The van der Waals surface area contributed by atoms with Crippen LogP contribution in [0, 0.1) is 5.92 Å². The first kappa shape index (κ1) is 8.51. The number of allylic oxidation sites excluding steroid dienone is 4. The Morgan fingerprint density at radius 3 is 2.82 bits per heavy atom. The Kier molecular flexibility index (Phi) is 2.86. The molecule has 11 heavy (non-hydrogen) atoms. The highest BCUT2D eigenvalue weighted by Gasteiger charge is 2.05. The van der Waals surface area contributed by atoms with Gasteiger partial charge in [0.25, 0.3) is 0 Å². The number of hydrogen-bond acceptors (Lipinski definition) is 0. The Morgan fingerprint density at radius 1 is 1.55 bits per heavy atom. The fourth-order valence-electron chi connectivity index (χ4n) is 1.34. The van der Waals surface area contributed by atoms with Crippen molar-refractivity contribution in [3.8, 4) is 0 Å². The maximum absolute atomic E-state index is 12.7. The maximum atomic E-state index is 12.7. The monoisotopic (exact) mass is 154 g/mol. The van der Waals surface area contributed by atoms with Gasteiger partial charge in [-0.05, 0) is 30.4 Å². The molecule has 62 valence electrons. The van der Waals surface area contributed by atoms with Gasteiger partial charge in [-0.2, -0.15) is 0 Å². The maximum Gasteiger partial charge on any atom is 0.100 e. The van der Waals surface area contributed by atoms with Crippen LogP contribution in [0.25, 0.3) is 0 Å². The van der Waals surface area contributed by atoms with Crippen LogP contribution in [0.1, 0.15) is 33.1 Å². The molecule has 0 nitrogen and oxygen atoms in total. The van der Waals surface area contributed by atoms with E-state index >= 15 is 0 Å². The molecule has 0 atom stereocenters. The summed E-state index contributed by atoms with van der Waals surface area (Å²) in [5.74, 6) is 0.673. The fraction of sp³-hybridized carbons (Fsp3) is 0.600. The Labute approximate surface area is 67.8 Å². The average Bonchev–Trinajstić information content (AvgIpc) is 1.85. The molecule has 0 saturated carbocycles. The lowest BCUT2D eigenvalue weighted by molar-refractivity contribution is 0.574. The van der Waals surface area contributed by atoms with E-state index in [1.807, 2.05) is 0 Å². The zero-order valence-corrected chi connectivity index (χ0v) is 7.23. The average molecular weight is 154 g/mol. The van der Waals surface area contributed by atoms with E-state index in [-0.39, 0.29) is 5.83 Å². The highest BCUT2D eigenvalue weighted by atomic mass is 19.1. The van der Waals surface area contributed by atoms with Crippen LogP contribution in [0.4, 0.5) is 4.39 Å². The summed E-state index contributed by atoms with van der Waals surface area (Å²) in [6.07, 6.45) is 6.31. The van der Waals surface area contributed by atoms with Gasteiger partial charge in [0.2, 0.25) is 0 Å². The first-order valence-electron chi connectivity index (χ1n) is 4.23. The van der Waals surface area contributed by atoms with Crippen molar-refractivity contribution in [2.45, 2.75) is 33.1 Å². The lowest BCUT2D eigenvalue weighted by atomic mass is 9.98. The van der Waals surface area contributed by atoms with Crippen LogP contribution in [0.3, 0.4) is 0 Å². The predicted molar refractivity (Wildman–Crippen MR) is 46.0 cm³/mol. The Bertz CT molecular complexity index is 187. The molecule has 0 aromatic rings. The summed E-state index contributed by atoms with van der Waals surface area (Å²) in [4.78, 5) is 0. The van der Waals surface area contributed by atoms with E-state index in [9.17, 15) is 4.39 Å². The molecular formula is C10H15F. The van der Waals surface area contributed by atoms with Gasteiger partial charge < -0.3 is 0 Å². The summed E-state index contributed by atoms with van der Waals surface area (Å²) in [5.41, 5.74) is 1.17. The van der Waals surface area contributed by atoms with Crippen molar-refractivity contribution in [2.24, 2.45) is 5.92 Å². The highest BCUT2D eigenvalue weighted by Crippen LogP contribution is 2.22. The molecule has 1 aliphatic carbocycles. The van der Waals surface area contributed by atoms with Gasteiger partial charge in [-0.1, -0.05) is 19.9 Å². The van der Waals surface area contributed by atoms with Crippen molar-refractivity contribution >= 4 is 0 Å². The number of hydrogen-bond donors (Lipinski definition) is 0. The normalized spacial score (nSPS) is 18.2. The molecule has 0 saturated heterocycles. The Balaban J connectivity index is 2.52.